The van der Waals surface area contributed by atoms with Crippen LogP contribution in [0.3, 0.4) is 0 Å². The number of anilines is 1. The molecule has 13 heteroatoms. The normalized spacial score (nSPS) is 13.9. The molecule has 1 saturated carbocycles. The number of benzene rings is 1. The van der Waals surface area contributed by atoms with E-state index in [4.69, 9.17) is 5.73 Å². The summed E-state index contributed by atoms with van der Waals surface area (Å²) in [7, 11) is 0. The molecule has 7 nitrogen and oxygen atoms in total. The maximum absolute atomic E-state index is 13.6. The van der Waals surface area contributed by atoms with Gasteiger partial charge < -0.3 is 11.1 Å². The Bertz CT molecular complexity index is 1510. The molecule has 2 amide bonds. The summed E-state index contributed by atoms with van der Waals surface area (Å²) in [5, 5.41) is 6.36. The van der Waals surface area contributed by atoms with E-state index >= 15 is 0 Å². The lowest BCUT2D eigenvalue weighted by Gasteiger charge is -2.12. The van der Waals surface area contributed by atoms with Crippen LogP contribution in [0.5, 0.6) is 0 Å². The van der Waals surface area contributed by atoms with Crippen molar-refractivity contribution in [2.24, 2.45) is 5.73 Å². The van der Waals surface area contributed by atoms with Crippen molar-refractivity contribution in [1.29, 1.82) is 0 Å². The zero-order chi connectivity index (χ0) is 26.5. The van der Waals surface area contributed by atoms with E-state index in [1.54, 1.807) is 30.3 Å². The molecule has 3 heterocycles. The molecular weight excluding hydrogens is 517 g/mol. The number of fused-ring (bicyclic) bond motifs is 1. The standard InChI is InChI=1S/C24H18F5N5O2S/c25-21(26)14-8-13(11-4-2-1-3-5-11)18-19(20(22(30)36)37-23(18)31-14)32-17(35)10-34-15(12-6-7-12)9-16(33-34)24(27,28)29/h1-5,8-9,12,21H,6-7,10H2,(H2,30,36)(H,32,35). The first-order chi connectivity index (χ1) is 17.5. The number of halogens is 5. The van der Waals surface area contributed by atoms with E-state index in [0.29, 0.717) is 24.1 Å². The minimum absolute atomic E-state index is 0.0409. The molecule has 0 radical (unpaired) electrons. The Morgan fingerprint density at radius 1 is 1.16 bits per heavy atom. The van der Waals surface area contributed by atoms with Crippen LogP contribution in [0.2, 0.25) is 0 Å². The molecule has 3 aromatic heterocycles. The molecule has 1 aliphatic rings. The first-order valence-electron chi connectivity index (χ1n) is 11.1. The molecule has 5 rings (SSSR count). The minimum atomic E-state index is -4.67. The SMILES string of the molecule is NC(=O)c1sc2nc(C(F)F)cc(-c3ccccc3)c2c1NC(=O)Cn1nc(C(F)(F)F)cc1C1CC1. The zero-order valence-electron chi connectivity index (χ0n) is 18.9. The molecule has 0 bridgehead atoms. The second-order valence-corrected chi connectivity index (χ2v) is 9.54. The van der Waals surface area contributed by atoms with E-state index in [-0.39, 0.29) is 32.3 Å². The first kappa shape index (κ1) is 24.8. The Kier molecular flexibility index (Phi) is 6.18. The van der Waals surface area contributed by atoms with E-state index in [2.05, 4.69) is 15.4 Å². The summed E-state index contributed by atoms with van der Waals surface area (Å²) in [5.74, 6) is -1.81. The third kappa shape index (κ3) is 4.90. The van der Waals surface area contributed by atoms with Crippen LogP contribution in [-0.4, -0.2) is 26.6 Å². The number of carbonyl (C=O) groups is 2. The average Bonchev–Trinajstić information content (AvgIpc) is 3.49. The van der Waals surface area contributed by atoms with E-state index in [9.17, 15) is 31.5 Å². The van der Waals surface area contributed by atoms with Crippen LogP contribution in [0, 0.1) is 0 Å². The Labute approximate surface area is 210 Å². The molecule has 37 heavy (non-hydrogen) atoms. The summed E-state index contributed by atoms with van der Waals surface area (Å²) in [5.41, 5.74) is 4.96. The van der Waals surface area contributed by atoms with Crippen LogP contribution in [0.15, 0.2) is 42.5 Å². The molecule has 1 aromatic carbocycles. The predicted octanol–water partition coefficient (Wildman–Crippen LogP) is 5.73. The second-order valence-electron chi connectivity index (χ2n) is 8.54. The molecule has 192 valence electrons. The average molecular weight is 535 g/mol. The maximum Gasteiger partial charge on any atom is 0.435 e. The number of pyridine rings is 1. The van der Waals surface area contributed by atoms with Gasteiger partial charge in [0.15, 0.2) is 5.69 Å². The number of hydrogen-bond acceptors (Lipinski definition) is 5. The number of nitrogens with two attached hydrogens (primary N) is 1. The van der Waals surface area contributed by atoms with Gasteiger partial charge in [-0.25, -0.2) is 13.8 Å². The van der Waals surface area contributed by atoms with Gasteiger partial charge in [0.1, 0.15) is 21.9 Å². The second kappa shape index (κ2) is 9.21. The largest absolute Gasteiger partial charge is 0.435 e. The summed E-state index contributed by atoms with van der Waals surface area (Å²) in [6.07, 6.45) is -6.20. The van der Waals surface area contributed by atoms with Crippen molar-refractivity contribution in [3.63, 3.8) is 0 Å². The third-order valence-corrected chi connectivity index (χ3v) is 6.97. The van der Waals surface area contributed by atoms with Gasteiger partial charge in [-0.2, -0.15) is 18.3 Å². The number of carbonyl (C=O) groups excluding carboxylic acids is 2. The molecule has 0 saturated heterocycles. The van der Waals surface area contributed by atoms with Gasteiger partial charge in [0.05, 0.1) is 5.69 Å². The number of hydrogen-bond donors (Lipinski definition) is 2. The van der Waals surface area contributed by atoms with Gasteiger partial charge in [-0.05, 0) is 36.1 Å². The summed E-state index contributed by atoms with van der Waals surface area (Å²) in [4.78, 5) is 29.1. The molecule has 0 aliphatic heterocycles. The summed E-state index contributed by atoms with van der Waals surface area (Å²) in [6.45, 7) is -0.555. The quantitative estimate of drug-likeness (QED) is 0.295. The monoisotopic (exact) mass is 535 g/mol. The molecule has 0 atom stereocenters. The summed E-state index contributed by atoms with van der Waals surface area (Å²) < 4.78 is 67.9. The van der Waals surface area contributed by atoms with Gasteiger partial charge in [-0.3, -0.25) is 14.3 Å². The van der Waals surface area contributed by atoms with Crippen LogP contribution < -0.4 is 11.1 Å². The fourth-order valence-electron chi connectivity index (χ4n) is 4.09. The fourth-order valence-corrected chi connectivity index (χ4v) is 5.10. The van der Waals surface area contributed by atoms with Crippen molar-refractivity contribution >= 4 is 39.1 Å². The third-order valence-electron chi connectivity index (χ3n) is 5.87. The highest BCUT2D eigenvalue weighted by Gasteiger charge is 2.38. The molecule has 4 aromatic rings. The predicted molar refractivity (Wildman–Crippen MR) is 126 cm³/mol. The number of thiophene rings is 1. The van der Waals surface area contributed by atoms with Gasteiger partial charge >= 0.3 is 6.18 Å². The molecule has 0 unspecified atom stereocenters. The van der Waals surface area contributed by atoms with Gasteiger partial charge in [-0.1, -0.05) is 30.3 Å². The molecular formula is C24H18F5N5O2S. The molecule has 1 aliphatic carbocycles. The first-order valence-corrected chi connectivity index (χ1v) is 11.9. The zero-order valence-corrected chi connectivity index (χ0v) is 19.7. The van der Waals surface area contributed by atoms with Crippen LogP contribution in [0.25, 0.3) is 21.3 Å². The van der Waals surface area contributed by atoms with Crippen molar-refractivity contribution in [3.8, 4) is 11.1 Å². The maximum atomic E-state index is 13.6. The Morgan fingerprint density at radius 3 is 2.46 bits per heavy atom. The van der Waals surface area contributed by atoms with Crippen molar-refractivity contribution < 1.29 is 31.5 Å². The van der Waals surface area contributed by atoms with E-state index in [0.717, 1.165) is 22.1 Å². The van der Waals surface area contributed by atoms with Gasteiger partial charge in [0, 0.05) is 17.0 Å². The molecule has 1 fully saturated rings. The van der Waals surface area contributed by atoms with Crippen molar-refractivity contribution in [1.82, 2.24) is 14.8 Å². The van der Waals surface area contributed by atoms with Crippen LogP contribution in [0.1, 0.15) is 51.9 Å². The highest BCUT2D eigenvalue weighted by atomic mass is 32.1. The smallest absolute Gasteiger partial charge is 0.365 e. The lowest BCUT2D eigenvalue weighted by Crippen LogP contribution is -2.23. The minimum Gasteiger partial charge on any atom is -0.365 e. The van der Waals surface area contributed by atoms with Gasteiger partial charge in [0.25, 0.3) is 12.3 Å². The number of nitrogens with one attached hydrogen (secondary N) is 1. The lowest BCUT2D eigenvalue weighted by atomic mass is 10.0. The number of aromatic nitrogens is 3. The number of alkyl halides is 5. The van der Waals surface area contributed by atoms with Crippen LogP contribution >= 0.6 is 11.3 Å². The van der Waals surface area contributed by atoms with Crippen molar-refractivity contribution in [3.05, 3.63) is 64.4 Å². The van der Waals surface area contributed by atoms with Crippen molar-refractivity contribution in [2.75, 3.05) is 5.32 Å². The topological polar surface area (TPSA) is 103 Å². The fraction of sp³-hybridized carbons (Fsp3) is 0.250. The lowest BCUT2D eigenvalue weighted by molar-refractivity contribution is -0.141. The highest BCUT2D eigenvalue weighted by Crippen LogP contribution is 2.44. The van der Waals surface area contributed by atoms with Gasteiger partial charge in [-0.15, -0.1) is 11.3 Å². The van der Waals surface area contributed by atoms with Crippen molar-refractivity contribution in [2.45, 2.75) is 37.9 Å². The Hall–Kier alpha value is -3.87. The summed E-state index contributed by atoms with van der Waals surface area (Å²) >= 11 is 0.741. The van der Waals surface area contributed by atoms with E-state index < -0.39 is 42.3 Å². The number of primary amides is 1. The highest BCUT2D eigenvalue weighted by molar-refractivity contribution is 7.21. The molecule has 0 spiro atoms. The number of amides is 2. The Balaban J connectivity index is 1.58. The number of rotatable bonds is 7. The molecule has 3 N–H and O–H groups in total. The summed E-state index contributed by atoms with van der Waals surface area (Å²) in [6, 6.07) is 10.6. The van der Waals surface area contributed by atoms with Crippen LogP contribution in [-0.2, 0) is 17.5 Å². The van der Waals surface area contributed by atoms with E-state index in [1.807, 2.05) is 0 Å². The van der Waals surface area contributed by atoms with Gasteiger partial charge in [0.2, 0.25) is 5.91 Å². The number of nitrogens with zero attached hydrogens (tertiary/aromatic N) is 3. The Morgan fingerprint density at radius 2 is 1.86 bits per heavy atom. The van der Waals surface area contributed by atoms with E-state index in [1.165, 1.54) is 6.07 Å². The van der Waals surface area contributed by atoms with Crippen LogP contribution in [0.4, 0.5) is 27.6 Å².